The molecule has 9 heteroatoms. The number of piperidine rings is 1. The summed E-state index contributed by atoms with van der Waals surface area (Å²) >= 11 is 0. The second kappa shape index (κ2) is 7.87. The highest BCUT2D eigenvalue weighted by Crippen LogP contribution is 2.23. The van der Waals surface area contributed by atoms with Crippen LogP contribution >= 0.6 is 0 Å². The molecule has 1 aliphatic carbocycles. The monoisotopic (exact) mass is 387 g/mol. The Morgan fingerprint density at radius 2 is 1.73 bits per heavy atom. The summed E-state index contributed by atoms with van der Waals surface area (Å²) in [5.74, 6) is -3.29. The maximum absolute atomic E-state index is 12.5. The molecule has 2 amide bonds. The van der Waals surface area contributed by atoms with E-state index in [0.717, 1.165) is 17.1 Å². The second-order valence-corrected chi connectivity index (χ2v) is 8.78. The number of amides is 2. The first-order valence-corrected chi connectivity index (χ1v) is 10.2. The highest BCUT2D eigenvalue weighted by atomic mass is 32.2. The van der Waals surface area contributed by atoms with E-state index in [-0.39, 0.29) is 31.1 Å². The Labute approximate surface area is 152 Å². The lowest BCUT2D eigenvalue weighted by Gasteiger charge is -2.31. The number of hydrogen-bond acceptors (Lipinski definition) is 3. The van der Waals surface area contributed by atoms with E-state index in [9.17, 15) is 22.0 Å². The van der Waals surface area contributed by atoms with Crippen LogP contribution in [0.15, 0.2) is 24.3 Å². The van der Waals surface area contributed by atoms with Crippen molar-refractivity contribution in [1.82, 2.24) is 14.9 Å². The first-order chi connectivity index (χ1) is 12.4. The van der Waals surface area contributed by atoms with Crippen molar-refractivity contribution in [2.45, 2.75) is 37.5 Å². The zero-order chi connectivity index (χ0) is 18.7. The Bertz CT molecular complexity index is 724. The second-order valence-electron chi connectivity index (χ2n) is 6.88. The number of alkyl halides is 2. The van der Waals surface area contributed by atoms with Crippen LogP contribution in [0, 0.1) is 5.92 Å². The Balaban J connectivity index is 1.39. The van der Waals surface area contributed by atoms with Gasteiger partial charge in [-0.25, -0.2) is 13.2 Å². The SMILES string of the molecule is O=C(NCC1CCN(S(=O)(=O)C(F)F)CC1)NC1Cc2ccccc2C1. The van der Waals surface area contributed by atoms with Crippen molar-refractivity contribution in [2.24, 2.45) is 5.92 Å². The number of carbonyl (C=O) groups excluding carboxylic acids is 1. The molecule has 1 fully saturated rings. The van der Waals surface area contributed by atoms with E-state index in [4.69, 9.17) is 0 Å². The van der Waals surface area contributed by atoms with Gasteiger partial charge in [-0.05, 0) is 42.7 Å². The molecule has 1 aromatic carbocycles. The van der Waals surface area contributed by atoms with E-state index in [2.05, 4.69) is 22.8 Å². The van der Waals surface area contributed by atoms with Crippen molar-refractivity contribution in [3.63, 3.8) is 0 Å². The lowest BCUT2D eigenvalue weighted by atomic mass is 9.98. The highest BCUT2D eigenvalue weighted by molar-refractivity contribution is 7.89. The van der Waals surface area contributed by atoms with E-state index in [1.807, 2.05) is 12.1 Å². The topological polar surface area (TPSA) is 78.5 Å². The molecule has 0 atom stereocenters. The average Bonchev–Trinajstić information content (AvgIpc) is 3.02. The Morgan fingerprint density at radius 1 is 1.15 bits per heavy atom. The van der Waals surface area contributed by atoms with Crippen molar-refractivity contribution in [1.29, 1.82) is 0 Å². The third-order valence-corrected chi connectivity index (χ3v) is 6.63. The number of sulfonamides is 1. The molecule has 1 heterocycles. The van der Waals surface area contributed by atoms with Crippen LogP contribution in [0.3, 0.4) is 0 Å². The number of nitrogens with one attached hydrogen (secondary N) is 2. The van der Waals surface area contributed by atoms with Crippen LogP contribution in [0.4, 0.5) is 13.6 Å². The molecule has 1 aromatic rings. The lowest BCUT2D eigenvalue weighted by Crippen LogP contribution is -2.46. The van der Waals surface area contributed by atoms with E-state index in [0.29, 0.717) is 19.4 Å². The standard InChI is InChI=1S/C17H23F2N3O3S/c18-16(19)26(24,25)22-7-5-12(6-8-22)11-20-17(23)21-15-9-13-3-1-2-4-14(13)10-15/h1-4,12,15-16H,5-11H2,(H2,20,21,23). The number of nitrogens with zero attached hydrogens (tertiary/aromatic N) is 1. The maximum atomic E-state index is 12.5. The summed E-state index contributed by atoms with van der Waals surface area (Å²) in [6, 6.07) is 7.94. The molecule has 3 rings (SSSR count). The van der Waals surface area contributed by atoms with Gasteiger partial charge in [-0.1, -0.05) is 24.3 Å². The number of carbonyl (C=O) groups is 1. The summed E-state index contributed by atoms with van der Waals surface area (Å²) in [4.78, 5) is 12.1. The number of halogens is 2. The molecule has 0 spiro atoms. The maximum Gasteiger partial charge on any atom is 0.350 e. The molecule has 6 nitrogen and oxygen atoms in total. The highest BCUT2D eigenvalue weighted by Gasteiger charge is 2.34. The molecule has 2 N–H and O–H groups in total. The quantitative estimate of drug-likeness (QED) is 0.808. The van der Waals surface area contributed by atoms with Crippen molar-refractivity contribution in [3.05, 3.63) is 35.4 Å². The largest absolute Gasteiger partial charge is 0.350 e. The van der Waals surface area contributed by atoms with Gasteiger partial charge in [-0.2, -0.15) is 13.1 Å². The minimum absolute atomic E-state index is 0.0680. The van der Waals surface area contributed by atoms with Crippen LogP contribution in [0.5, 0.6) is 0 Å². The van der Waals surface area contributed by atoms with Crippen LogP contribution in [-0.4, -0.2) is 50.2 Å². The number of benzene rings is 1. The number of rotatable bonds is 5. The fourth-order valence-electron chi connectivity index (χ4n) is 3.61. The number of urea groups is 1. The third kappa shape index (κ3) is 4.32. The van der Waals surface area contributed by atoms with E-state index in [1.54, 1.807) is 0 Å². The summed E-state index contributed by atoms with van der Waals surface area (Å²) in [7, 11) is -4.50. The summed E-state index contributed by atoms with van der Waals surface area (Å²) < 4.78 is 48.8. The van der Waals surface area contributed by atoms with E-state index >= 15 is 0 Å². The number of fused-ring (bicyclic) bond motifs is 1. The van der Waals surface area contributed by atoms with Crippen LogP contribution in [0.25, 0.3) is 0 Å². The normalized spacial score (nSPS) is 19.5. The summed E-state index contributed by atoms with van der Waals surface area (Å²) in [6.07, 6.45) is 2.54. The van der Waals surface area contributed by atoms with Gasteiger partial charge < -0.3 is 10.6 Å². The predicted molar refractivity (Wildman–Crippen MR) is 93.4 cm³/mol. The molecule has 2 aliphatic rings. The van der Waals surface area contributed by atoms with E-state index < -0.39 is 15.8 Å². The Kier molecular flexibility index (Phi) is 5.76. The molecular weight excluding hydrogens is 364 g/mol. The zero-order valence-electron chi connectivity index (χ0n) is 14.3. The van der Waals surface area contributed by atoms with Gasteiger partial charge in [0, 0.05) is 25.7 Å². The van der Waals surface area contributed by atoms with Gasteiger partial charge in [-0.15, -0.1) is 0 Å². The van der Waals surface area contributed by atoms with Crippen LogP contribution in [0.2, 0.25) is 0 Å². The zero-order valence-corrected chi connectivity index (χ0v) is 15.1. The van der Waals surface area contributed by atoms with Gasteiger partial charge in [0.15, 0.2) is 0 Å². The fraction of sp³-hybridized carbons (Fsp3) is 0.588. The average molecular weight is 387 g/mol. The molecule has 0 aromatic heterocycles. The molecule has 26 heavy (non-hydrogen) atoms. The fourth-order valence-corrected chi connectivity index (χ4v) is 4.56. The Morgan fingerprint density at radius 3 is 2.27 bits per heavy atom. The predicted octanol–water partition coefficient (Wildman–Crippen LogP) is 1.72. The van der Waals surface area contributed by atoms with E-state index in [1.165, 1.54) is 11.1 Å². The lowest BCUT2D eigenvalue weighted by molar-refractivity contribution is 0.201. The van der Waals surface area contributed by atoms with Gasteiger partial charge in [0.05, 0.1) is 0 Å². The van der Waals surface area contributed by atoms with Gasteiger partial charge in [0.1, 0.15) is 0 Å². The number of hydrogen-bond donors (Lipinski definition) is 2. The van der Waals surface area contributed by atoms with Crippen molar-refractivity contribution in [2.75, 3.05) is 19.6 Å². The van der Waals surface area contributed by atoms with Crippen molar-refractivity contribution in [3.8, 4) is 0 Å². The summed E-state index contributed by atoms with van der Waals surface area (Å²) in [5, 5.41) is 5.77. The first-order valence-electron chi connectivity index (χ1n) is 8.74. The minimum Gasteiger partial charge on any atom is -0.338 e. The smallest absolute Gasteiger partial charge is 0.338 e. The van der Waals surface area contributed by atoms with Gasteiger partial charge in [0.25, 0.3) is 10.0 Å². The van der Waals surface area contributed by atoms with Gasteiger partial charge >= 0.3 is 11.8 Å². The molecule has 0 saturated carbocycles. The first kappa shape index (κ1) is 19.0. The van der Waals surface area contributed by atoms with Crippen molar-refractivity contribution >= 4 is 16.1 Å². The molecule has 1 aliphatic heterocycles. The minimum atomic E-state index is -4.50. The molecular formula is C17H23F2N3O3S. The van der Waals surface area contributed by atoms with Gasteiger partial charge in [-0.3, -0.25) is 0 Å². The Hall–Kier alpha value is -1.74. The summed E-state index contributed by atoms with van der Waals surface area (Å²) in [5.41, 5.74) is 2.51. The van der Waals surface area contributed by atoms with Crippen LogP contribution in [0.1, 0.15) is 24.0 Å². The third-order valence-electron chi connectivity index (χ3n) is 5.10. The summed E-state index contributed by atoms with van der Waals surface area (Å²) in [6.45, 7) is 0.547. The van der Waals surface area contributed by atoms with Crippen LogP contribution < -0.4 is 10.6 Å². The van der Waals surface area contributed by atoms with Gasteiger partial charge in [0.2, 0.25) is 0 Å². The molecule has 144 valence electrons. The van der Waals surface area contributed by atoms with Crippen LogP contribution in [-0.2, 0) is 22.9 Å². The molecule has 0 bridgehead atoms. The molecule has 0 radical (unpaired) electrons. The molecule has 0 unspecified atom stereocenters. The molecule has 1 saturated heterocycles. The van der Waals surface area contributed by atoms with Crippen molar-refractivity contribution < 1.29 is 22.0 Å².